The minimum Gasteiger partial charge on any atom is -0.412 e. The van der Waals surface area contributed by atoms with E-state index in [2.05, 4.69) is 0 Å². The Morgan fingerprint density at radius 1 is 0.529 bits per heavy atom. The van der Waals surface area contributed by atoms with Crippen molar-refractivity contribution in [1.29, 1.82) is 0 Å². The van der Waals surface area contributed by atoms with Gasteiger partial charge in [-0.2, -0.15) is 0 Å². The van der Waals surface area contributed by atoms with Crippen LogP contribution in [0.4, 0.5) is 0 Å². The van der Waals surface area contributed by atoms with E-state index in [0.29, 0.717) is 39.6 Å². The molecule has 0 amide bonds. The average molecular weight is 296 g/mol. The Hall–Kier alpha value is 0.394. The Morgan fingerprint density at radius 3 is 1.00 bits per heavy atom. The Kier molecular flexibility index (Phi) is 53.6. The van der Waals surface area contributed by atoms with Crippen LogP contribution in [-0.4, -0.2) is 79.5 Å². The standard InChI is InChI=1S/C8H18O5.3H2O.Ti/c9-1-3-11-5-7-13-8-6-12-4-2-10;;;;/h9-10H,1-8H2;3*1H2;. The second kappa shape index (κ2) is 29.9. The SMILES string of the molecule is O.O.O.OCCOCCOCCOCCO.[Ti]. The molecule has 0 aromatic heterocycles. The first-order valence-corrected chi connectivity index (χ1v) is 4.36. The number of rotatable bonds is 10. The minimum atomic E-state index is 0. The molecule has 0 unspecified atom stereocenters. The number of hydrogen-bond acceptors (Lipinski definition) is 5. The summed E-state index contributed by atoms with van der Waals surface area (Å²) in [5.74, 6) is 0. The predicted octanol–water partition coefficient (Wildman–Crippen LogP) is -3.46. The Labute approximate surface area is 116 Å². The van der Waals surface area contributed by atoms with E-state index >= 15 is 0 Å². The first-order valence-electron chi connectivity index (χ1n) is 4.36. The molecule has 0 heterocycles. The smallest absolute Gasteiger partial charge is 0.0701 e. The van der Waals surface area contributed by atoms with Crippen molar-refractivity contribution in [2.45, 2.75) is 0 Å². The number of ether oxygens (including phenoxy) is 3. The molecule has 17 heavy (non-hydrogen) atoms. The summed E-state index contributed by atoms with van der Waals surface area (Å²) in [6.07, 6.45) is 0. The molecule has 0 atom stereocenters. The van der Waals surface area contributed by atoms with Gasteiger partial charge >= 0.3 is 0 Å². The van der Waals surface area contributed by atoms with Gasteiger partial charge < -0.3 is 40.9 Å². The maximum absolute atomic E-state index is 8.36. The van der Waals surface area contributed by atoms with Crippen molar-refractivity contribution in [3.05, 3.63) is 0 Å². The van der Waals surface area contributed by atoms with Gasteiger partial charge in [-0.25, -0.2) is 0 Å². The quantitative estimate of drug-likeness (QED) is 0.315. The average Bonchev–Trinajstić information content (AvgIpc) is 2.16. The first-order chi connectivity index (χ1) is 6.41. The van der Waals surface area contributed by atoms with Crippen molar-refractivity contribution in [2.75, 3.05) is 52.9 Å². The zero-order chi connectivity index (χ0) is 9.78. The van der Waals surface area contributed by atoms with Gasteiger partial charge in [-0.3, -0.25) is 0 Å². The zero-order valence-electron chi connectivity index (χ0n) is 9.78. The Balaban J connectivity index is -0.000000120. The molecular formula is C8H24O8Ti. The Bertz CT molecular complexity index is 87.6. The molecule has 0 saturated carbocycles. The van der Waals surface area contributed by atoms with E-state index in [4.69, 9.17) is 24.4 Å². The molecular weight excluding hydrogens is 272 g/mol. The van der Waals surface area contributed by atoms with Crippen LogP contribution in [0.15, 0.2) is 0 Å². The molecule has 8 nitrogen and oxygen atoms in total. The second-order valence-corrected chi connectivity index (χ2v) is 2.28. The van der Waals surface area contributed by atoms with Gasteiger partial charge in [-0.15, -0.1) is 0 Å². The maximum atomic E-state index is 8.36. The number of aliphatic hydroxyl groups excluding tert-OH is 2. The molecule has 0 aromatic rings. The van der Waals surface area contributed by atoms with E-state index in [-0.39, 0.29) is 51.4 Å². The molecule has 9 heteroatoms. The van der Waals surface area contributed by atoms with Crippen LogP contribution in [0.5, 0.6) is 0 Å². The fraction of sp³-hybridized carbons (Fsp3) is 1.00. The van der Waals surface area contributed by atoms with Crippen LogP contribution in [0.25, 0.3) is 0 Å². The fourth-order valence-corrected chi connectivity index (χ4v) is 0.671. The molecule has 0 aliphatic heterocycles. The van der Waals surface area contributed by atoms with Crippen LogP contribution in [-0.2, 0) is 35.9 Å². The van der Waals surface area contributed by atoms with Crippen LogP contribution in [0, 0.1) is 0 Å². The molecule has 0 bridgehead atoms. The van der Waals surface area contributed by atoms with Crippen molar-refractivity contribution >= 4 is 0 Å². The van der Waals surface area contributed by atoms with Crippen molar-refractivity contribution in [3.63, 3.8) is 0 Å². The molecule has 0 rings (SSSR count). The van der Waals surface area contributed by atoms with E-state index in [1.54, 1.807) is 0 Å². The third-order valence-corrected chi connectivity index (χ3v) is 1.22. The second-order valence-electron chi connectivity index (χ2n) is 2.28. The van der Waals surface area contributed by atoms with E-state index in [1.807, 2.05) is 0 Å². The summed E-state index contributed by atoms with van der Waals surface area (Å²) >= 11 is 0. The van der Waals surface area contributed by atoms with Crippen molar-refractivity contribution in [2.24, 2.45) is 0 Å². The predicted molar refractivity (Wildman–Crippen MR) is 57.5 cm³/mol. The summed E-state index contributed by atoms with van der Waals surface area (Å²) in [5, 5.41) is 16.7. The molecule has 0 aliphatic rings. The third kappa shape index (κ3) is 31.4. The van der Waals surface area contributed by atoms with Crippen LogP contribution in [0.3, 0.4) is 0 Å². The fourth-order valence-electron chi connectivity index (χ4n) is 0.671. The number of aliphatic hydroxyl groups is 2. The van der Waals surface area contributed by atoms with Crippen molar-refractivity contribution in [3.8, 4) is 0 Å². The third-order valence-electron chi connectivity index (χ3n) is 1.22. The van der Waals surface area contributed by atoms with Gasteiger partial charge in [0.1, 0.15) is 0 Å². The number of hydrogen-bond donors (Lipinski definition) is 2. The van der Waals surface area contributed by atoms with Gasteiger partial charge in [0.25, 0.3) is 0 Å². The topological polar surface area (TPSA) is 163 Å². The summed E-state index contributed by atoms with van der Waals surface area (Å²) < 4.78 is 15.0. The molecule has 0 saturated heterocycles. The summed E-state index contributed by atoms with van der Waals surface area (Å²) in [6, 6.07) is 0. The zero-order valence-corrected chi connectivity index (χ0v) is 11.3. The molecule has 0 fully saturated rings. The molecule has 108 valence electrons. The summed E-state index contributed by atoms with van der Waals surface area (Å²) in [6.45, 7) is 2.76. The van der Waals surface area contributed by atoms with Crippen LogP contribution in [0.2, 0.25) is 0 Å². The van der Waals surface area contributed by atoms with Gasteiger partial charge in [0.2, 0.25) is 0 Å². The Morgan fingerprint density at radius 2 is 0.765 bits per heavy atom. The summed E-state index contributed by atoms with van der Waals surface area (Å²) in [7, 11) is 0. The monoisotopic (exact) mass is 296 g/mol. The van der Waals surface area contributed by atoms with Gasteiger partial charge in [0.15, 0.2) is 0 Å². The molecule has 0 aromatic carbocycles. The van der Waals surface area contributed by atoms with E-state index < -0.39 is 0 Å². The van der Waals surface area contributed by atoms with Gasteiger partial charge in [-0.05, 0) is 0 Å². The molecule has 0 aliphatic carbocycles. The normalized spacial score (nSPS) is 8.12. The van der Waals surface area contributed by atoms with E-state index in [1.165, 1.54) is 0 Å². The molecule has 0 radical (unpaired) electrons. The van der Waals surface area contributed by atoms with Crippen LogP contribution < -0.4 is 0 Å². The van der Waals surface area contributed by atoms with E-state index in [9.17, 15) is 0 Å². The summed E-state index contributed by atoms with van der Waals surface area (Å²) in [4.78, 5) is 0. The largest absolute Gasteiger partial charge is 0.412 e. The van der Waals surface area contributed by atoms with Crippen LogP contribution >= 0.6 is 0 Å². The molecule has 8 N–H and O–H groups in total. The van der Waals surface area contributed by atoms with Crippen molar-refractivity contribution < 1.29 is 62.6 Å². The first kappa shape index (κ1) is 30.4. The van der Waals surface area contributed by atoms with Crippen LogP contribution in [0.1, 0.15) is 0 Å². The van der Waals surface area contributed by atoms with Gasteiger partial charge in [-0.1, -0.05) is 0 Å². The van der Waals surface area contributed by atoms with E-state index in [0.717, 1.165) is 0 Å². The van der Waals surface area contributed by atoms with Crippen molar-refractivity contribution in [1.82, 2.24) is 0 Å². The molecule has 0 spiro atoms. The maximum Gasteiger partial charge on any atom is 0.0701 e. The summed E-state index contributed by atoms with van der Waals surface area (Å²) in [5.41, 5.74) is 0. The van der Waals surface area contributed by atoms with Gasteiger partial charge in [0, 0.05) is 21.7 Å². The minimum absolute atomic E-state index is 0. The van der Waals surface area contributed by atoms with Gasteiger partial charge in [0.05, 0.1) is 52.9 Å².